The van der Waals surface area contributed by atoms with E-state index in [9.17, 15) is 14.4 Å². The maximum atomic E-state index is 12.9. The van der Waals surface area contributed by atoms with Gasteiger partial charge >= 0.3 is 17.9 Å². The number of rotatable bonds is 61. The van der Waals surface area contributed by atoms with E-state index >= 15 is 0 Å². The smallest absolute Gasteiger partial charge is 0.306 e. The molecule has 0 fully saturated rings. The van der Waals surface area contributed by atoms with Crippen LogP contribution in [0.1, 0.15) is 348 Å². The van der Waals surface area contributed by atoms with E-state index in [4.69, 9.17) is 14.2 Å². The maximum absolute atomic E-state index is 12.9. The summed E-state index contributed by atoms with van der Waals surface area (Å²) in [5.41, 5.74) is 0. The lowest BCUT2D eigenvalue weighted by Crippen LogP contribution is -2.30. The summed E-state index contributed by atoms with van der Waals surface area (Å²) < 4.78 is 16.9. The summed E-state index contributed by atoms with van der Waals surface area (Å²) in [6.45, 7) is 6.56. The Morgan fingerprint density at radius 2 is 0.513 bits per heavy atom. The van der Waals surface area contributed by atoms with Crippen LogP contribution in [0.3, 0.4) is 0 Å². The van der Waals surface area contributed by atoms with Crippen molar-refractivity contribution in [2.24, 2.45) is 0 Å². The summed E-state index contributed by atoms with van der Waals surface area (Å²) >= 11 is 0. The molecule has 1 unspecified atom stereocenters. The predicted molar refractivity (Wildman–Crippen MR) is 330 cm³/mol. The van der Waals surface area contributed by atoms with Gasteiger partial charge in [0.2, 0.25) is 0 Å². The highest BCUT2D eigenvalue weighted by molar-refractivity contribution is 5.71. The van der Waals surface area contributed by atoms with Gasteiger partial charge in [0.15, 0.2) is 6.10 Å². The minimum Gasteiger partial charge on any atom is -0.462 e. The molecular formula is C70H126O6. The molecule has 442 valence electrons. The summed E-state index contributed by atoms with van der Waals surface area (Å²) in [5.74, 6) is -0.867. The number of carbonyl (C=O) groups excluding carboxylic acids is 3. The third kappa shape index (κ3) is 62.0. The molecule has 6 heteroatoms. The average molecular weight is 1060 g/mol. The first-order valence-corrected chi connectivity index (χ1v) is 33.3. The summed E-state index contributed by atoms with van der Waals surface area (Å²) in [7, 11) is 0. The topological polar surface area (TPSA) is 78.9 Å². The van der Waals surface area contributed by atoms with Crippen LogP contribution in [0, 0.1) is 0 Å². The Labute approximate surface area is 472 Å². The van der Waals surface area contributed by atoms with E-state index in [2.05, 4.69) is 81.5 Å². The zero-order valence-corrected chi connectivity index (χ0v) is 50.8. The van der Waals surface area contributed by atoms with Crippen LogP contribution >= 0.6 is 0 Å². The normalized spacial score (nSPS) is 12.4. The highest BCUT2D eigenvalue weighted by Crippen LogP contribution is 2.18. The molecule has 0 heterocycles. The summed E-state index contributed by atoms with van der Waals surface area (Å²) in [6, 6.07) is 0. The van der Waals surface area contributed by atoms with Crippen molar-refractivity contribution in [1.82, 2.24) is 0 Å². The Bertz CT molecular complexity index is 1360. The SMILES string of the molecule is CC/C=C\C/C=C\C/C=C\C/C=C\C/C=C\CCCCCCCCCC(=O)OC(COC(=O)CCCCCCCCCCCC)COC(=O)CCCCCCCCCCCCCCCCCCCCCCCCCCC. The first kappa shape index (κ1) is 73.1. The molecule has 0 radical (unpaired) electrons. The first-order chi connectivity index (χ1) is 37.5. The minimum absolute atomic E-state index is 0.0742. The second kappa shape index (κ2) is 64.6. The van der Waals surface area contributed by atoms with E-state index in [-0.39, 0.29) is 31.1 Å². The standard InChI is InChI=1S/C70H126O6/c1-4-7-10-13-16-19-22-24-26-28-30-32-34-35-37-38-40-42-44-46-48-51-54-57-60-63-69(72)75-66-67(65-74-68(71)62-59-56-53-50-21-18-15-12-9-6-3)76-70(73)64-61-58-55-52-49-47-45-43-41-39-36-33-31-29-27-25-23-20-17-14-11-8-5-2/h8,11,17,20,25,27,31,33,39,41,67H,4-7,9-10,12-16,18-19,21-24,26,28-30,32,34-38,40,42-66H2,1-3H3/b11-8-,20-17-,27-25-,33-31-,41-39-. The van der Waals surface area contributed by atoms with Crippen LogP contribution in [0.2, 0.25) is 0 Å². The second-order valence-electron chi connectivity index (χ2n) is 22.4. The molecule has 0 rings (SSSR count). The van der Waals surface area contributed by atoms with Crippen molar-refractivity contribution in [3.05, 3.63) is 60.8 Å². The Morgan fingerprint density at radius 1 is 0.276 bits per heavy atom. The summed E-state index contributed by atoms with van der Waals surface area (Å²) in [4.78, 5) is 38.3. The number of esters is 3. The van der Waals surface area contributed by atoms with Crippen LogP contribution < -0.4 is 0 Å². The molecule has 6 nitrogen and oxygen atoms in total. The second-order valence-corrected chi connectivity index (χ2v) is 22.4. The number of hydrogen-bond acceptors (Lipinski definition) is 6. The fourth-order valence-corrected chi connectivity index (χ4v) is 9.83. The van der Waals surface area contributed by atoms with Gasteiger partial charge in [0.05, 0.1) is 0 Å². The van der Waals surface area contributed by atoms with Gasteiger partial charge in [-0.3, -0.25) is 14.4 Å². The van der Waals surface area contributed by atoms with Gasteiger partial charge in [-0.2, -0.15) is 0 Å². The Balaban J connectivity index is 4.21. The van der Waals surface area contributed by atoms with E-state index < -0.39 is 6.10 Å². The van der Waals surface area contributed by atoms with Crippen LogP contribution in [0.15, 0.2) is 60.8 Å². The third-order valence-electron chi connectivity index (χ3n) is 14.8. The Morgan fingerprint density at radius 3 is 0.803 bits per heavy atom. The average Bonchev–Trinajstić information content (AvgIpc) is 3.42. The fraction of sp³-hybridized carbons (Fsp3) is 0.814. The number of hydrogen-bond donors (Lipinski definition) is 0. The molecule has 0 saturated heterocycles. The largest absolute Gasteiger partial charge is 0.462 e. The molecule has 1 atom stereocenters. The van der Waals surface area contributed by atoms with Crippen molar-refractivity contribution in [3.63, 3.8) is 0 Å². The van der Waals surface area contributed by atoms with Crippen LogP contribution in [0.4, 0.5) is 0 Å². The molecule has 0 aliphatic rings. The molecule has 0 N–H and O–H groups in total. The lowest BCUT2D eigenvalue weighted by molar-refractivity contribution is -0.167. The quantitative estimate of drug-likeness (QED) is 0.0261. The number of ether oxygens (including phenoxy) is 3. The highest BCUT2D eigenvalue weighted by Gasteiger charge is 2.19. The molecule has 0 aromatic carbocycles. The zero-order chi connectivity index (χ0) is 55.0. The van der Waals surface area contributed by atoms with Crippen molar-refractivity contribution in [1.29, 1.82) is 0 Å². The van der Waals surface area contributed by atoms with Crippen molar-refractivity contribution in [2.45, 2.75) is 354 Å². The molecule has 0 aliphatic carbocycles. The van der Waals surface area contributed by atoms with Crippen LogP contribution in [0.5, 0.6) is 0 Å². The number of unbranched alkanes of at least 4 members (excludes halogenated alkanes) is 40. The fourth-order valence-electron chi connectivity index (χ4n) is 9.83. The van der Waals surface area contributed by atoms with Crippen molar-refractivity contribution in [3.8, 4) is 0 Å². The van der Waals surface area contributed by atoms with E-state index in [0.717, 1.165) is 96.3 Å². The van der Waals surface area contributed by atoms with Gasteiger partial charge in [-0.1, -0.05) is 326 Å². The minimum atomic E-state index is -0.778. The molecule has 0 saturated carbocycles. The molecule has 0 aromatic heterocycles. The van der Waals surface area contributed by atoms with Gasteiger partial charge in [-0.05, 0) is 64.2 Å². The van der Waals surface area contributed by atoms with Crippen LogP contribution in [0.25, 0.3) is 0 Å². The maximum Gasteiger partial charge on any atom is 0.306 e. The van der Waals surface area contributed by atoms with E-state index in [1.54, 1.807) is 0 Å². The molecule has 0 bridgehead atoms. The Kier molecular flexibility index (Phi) is 62.2. The van der Waals surface area contributed by atoms with E-state index in [1.165, 1.54) is 212 Å². The van der Waals surface area contributed by atoms with Gasteiger partial charge in [-0.15, -0.1) is 0 Å². The molecule has 76 heavy (non-hydrogen) atoms. The molecule has 0 spiro atoms. The predicted octanol–water partition coefficient (Wildman–Crippen LogP) is 22.7. The summed E-state index contributed by atoms with van der Waals surface area (Å²) in [6.07, 6.45) is 82.5. The van der Waals surface area contributed by atoms with Crippen LogP contribution in [-0.4, -0.2) is 37.2 Å². The van der Waals surface area contributed by atoms with Gasteiger partial charge in [0.1, 0.15) is 13.2 Å². The van der Waals surface area contributed by atoms with Crippen molar-refractivity contribution >= 4 is 17.9 Å². The van der Waals surface area contributed by atoms with Crippen LogP contribution in [-0.2, 0) is 28.6 Å². The van der Waals surface area contributed by atoms with Gasteiger partial charge in [-0.25, -0.2) is 0 Å². The summed E-state index contributed by atoms with van der Waals surface area (Å²) in [5, 5.41) is 0. The Hall–Kier alpha value is -2.89. The zero-order valence-electron chi connectivity index (χ0n) is 50.8. The van der Waals surface area contributed by atoms with Gasteiger partial charge in [0, 0.05) is 19.3 Å². The molecule has 0 aromatic rings. The van der Waals surface area contributed by atoms with Crippen molar-refractivity contribution < 1.29 is 28.6 Å². The van der Waals surface area contributed by atoms with E-state index in [1.807, 2.05) is 0 Å². The highest BCUT2D eigenvalue weighted by atomic mass is 16.6. The third-order valence-corrected chi connectivity index (χ3v) is 14.8. The lowest BCUT2D eigenvalue weighted by Gasteiger charge is -2.18. The van der Waals surface area contributed by atoms with Crippen molar-refractivity contribution in [2.75, 3.05) is 13.2 Å². The number of carbonyl (C=O) groups is 3. The lowest BCUT2D eigenvalue weighted by atomic mass is 10.0. The molecule has 0 aliphatic heterocycles. The van der Waals surface area contributed by atoms with Gasteiger partial charge in [0.25, 0.3) is 0 Å². The monoisotopic (exact) mass is 1060 g/mol. The first-order valence-electron chi connectivity index (χ1n) is 33.3. The molecular weight excluding hydrogens is 937 g/mol. The number of allylic oxidation sites excluding steroid dienone is 10. The van der Waals surface area contributed by atoms with Gasteiger partial charge < -0.3 is 14.2 Å². The molecule has 0 amide bonds. The van der Waals surface area contributed by atoms with E-state index in [0.29, 0.717) is 19.3 Å².